The number of nitrogens with zero attached hydrogens (tertiary/aromatic N) is 1. The van der Waals surface area contributed by atoms with Crippen molar-refractivity contribution < 1.29 is 32.9 Å². The molecule has 0 aliphatic heterocycles. The van der Waals surface area contributed by atoms with Crippen molar-refractivity contribution in [1.82, 2.24) is 5.32 Å². The molecule has 0 radical (unpaired) electrons. The first-order valence-corrected chi connectivity index (χ1v) is 24.8. The van der Waals surface area contributed by atoms with Gasteiger partial charge in [-0.05, 0) is 70.6 Å². The van der Waals surface area contributed by atoms with Crippen molar-refractivity contribution in [3.05, 3.63) is 72.9 Å². The monoisotopic (exact) mass is 834 g/mol. The normalized spacial score (nSPS) is 14.9. The van der Waals surface area contributed by atoms with Crippen molar-refractivity contribution in [3.63, 3.8) is 0 Å². The van der Waals surface area contributed by atoms with Crippen LogP contribution in [0.25, 0.3) is 0 Å². The SMILES string of the molecule is CC/C=C\C/C=C\C/C=C\C/C=C\CCCCCCC(=O)NC(COP(=O)(O)OCC[N+](C)(C)C)C(O)/C=C/CC/C=C/CCCCCCCCCCCCCCC. The van der Waals surface area contributed by atoms with Gasteiger partial charge in [-0.15, -0.1) is 0 Å². The molecule has 0 spiro atoms. The highest BCUT2D eigenvalue weighted by molar-refractivity contribution is 7.47. The Morgan fingerprint density at radius 3 is 1.59 bits per heavy atom. The number of quaternary nitrogens is 1. The lowest BCUT2D eigenvalue weighted by atomic mass is 10.0. The number of nitrogens with one attached hydrogen (secondary N) is 1. The fourth-order valence-corrected chi connectivity index (χ4v) is 6.96. The maximum absolute atomic E-state index is 12.9. The largest absolute Gasteiger partial charge is 0.472 e. The highest BCUT2D eigenvalue weighted by Crippen LogP contribution is 2.43. The van der Waals surface area contributed by atoms with Gasteiger partial charge in [0.15, 0.2) is 0 Å². The Balaban J connectivity index is 4.50. The van der Waals surface area contributed by atoms with E-state index < -0.39 is 20.0 Å². The number of aliphatic hydroxyl groups is 1. The maximum Gasteiger partial charge on any atom is 0.472 e. The molecule has 0 aromatic rings. The number of hydrogen-bond donors (Lipinski definition) is 3. The smallest absolute Gasteiger partial charge is 0.387 e. The number of carbonyl (C=O) groups excluding carboxylic acids is 1. The molecule has 0 aromatic heterocycles. The summed E-state index contributed by atoms with van der Waals surface area (Å²) in [5.41, 5.74) is 0. The number of aliphatic hydroxyl groups excluding tert-OH is 1. The van der Waals surface area contributed by atoms with Crippen molar-refractivity contribution in [2.24, 2.45) is 0 Å². The molecule has 0 aromatic carbocycles. The fraction of sp³-hybridized carbons (Fsp3) is 0.735. The minimum Gasteiger partial charge on any atom is -0.387 e. The van der Waals surface area contributed by atoms with E-state index in [4.69, 9.17) is 9.05 Å². The van der Waals surface area contributed by atoms with Crippen LogP contribution in [0.4, 0.5) is 0 Å². The van der Waals surface area contributed by atoms with Gasteiger partial charge in [-0.1, -0.05) is 177 Å². The summed E-state index contributed by atoms with van der Waals surface area (Å²) >= 11 is 0. The van der Waals surface area contributed by atoms with Gasteiger partial charge < -0.3 is 19.8 Å². The Kier molecular flexibility index (Phi) is 38.9. The summed E-state index contributed by atoms with van der Waals surface area (Å²) in [6.45, 7) is 4.65. The number of phosphoric ester groups is 1. The highest BCUT2D eigenvalue weighted by atomic mass is 31.2. The van der Waals surface area contributed by atoms with E-state index in [0.29, 0.717) is 17.4 Å². The van der Waals surface area contributed by atoms with Crippen molar-refractivity contribution >= 4 is 13.7 Å². The number of phosphoric acid groups is 1. The topological polar surface area (TPSA) is 105 Å². The molecule has 0 aliphatic rings. The zero-order valence-corrected chi connectivity index (χ0v) is 38.9. The Bertz CT molecular complexity index is 1170. The average molecular weight is 834 g/mol. The van der Waals surface area contributed by atoms with Gasteiger partial charge in [0.25, 0.3) is 0 Å². The molecule has 336 valence electrons. The Morgan fingerprint density at radius 2 is 1.05 bits per heavy atom. The second-order valence-corrected chi connectivity index (χ2v) is 18.2. The summed E-state index contributed by atoms with van der Waals surface area (Å²) in [6.07, 6.45) is 54.1. The van der Waals surface area contributed by atoms with Gasteiger partial charge in [-0.2, -0.15) is 0 Å². The lowest BCUT2D eigenvalue weighted by Gasteiger charge is -2.25. The minimum absolute atomic E-state index is 0.0475. The minimum atomic E-state index is -4.36. The van der Waals surface area contributed by atoms with Gasteiger partial charge in [0.05, 0.1) is 39.9 Å². The van der Waals surface area contributed by atoms with Crippen molar-refractivity contribution in [2.75, 3.05) is 40.9 Å². The molecule has 0 rings (SSSR count). The molecule has 0 fully saturated rings. The van der Waals surface area contributed by atoms with Gasteiger partial charge in [-0.3, -0.25) is 13.8 Å². The molecule has 3 unspecified atom stereocenters. The second kappa shape index (κ2) is 40.4. The molecule has 0 saturated heterocycles. The molecule has 3 atom stereocenters. The van der Waals surface area contributed by atoms with Crippen LogP contribution in [0.15, 0.2) is 72.9 Å². The molecular formula is C49H90N2O6P+. The van der Waals surface area contributed by atoms with Crippen LogP contribution in [0.3, 0.4) is 0 Å². The van der Waals surface area contributed by atoms with Crippen LogP contribution in [0.2, 0.25) is 0 Å². The number of carbonyl (C=O) groups is 1. The number of likely N-dealkylation sites (N-methyl/N-ethyl adjacent to an activating group) is 1. The summed E-state index contributed by atoms with van der Waals surface area (Å²) in [7, 11) is 1.53. The van der Waals surface area contributed by atoms with Crippen LogP contribution >= 0.6 is 7.82 Å². The number of hydrogen-bond acceptors (Lipinski definition) is 5. The third-order valence-electron chi connectivity index (χ3n) is 9.91. The fourth-order valence-electron chi connectivity index (χ4n) is 6.22. The summed E-state index contributed by atoms with van der Waals surface area (Å²) < 4.78 is 23.6. The van der Waals surface area contributed by atoms with Gasteiger partial charge >= 0.3 is 7.82 Å². The first-order valence-electron chi connectivity index (χ1n) is 23.3. The summed E-state index contributed by atoms with van der Waals surface area (Å²) in [5, 5.41) is 13.8. The van der Waals surface area contributed by atoms with Crippen LogP contribution in [0, 0.1) is 0 Å². The van der Waals surface area contributed by atoms with E-state index in [2.05, 4.69) is 79.9 Å². The maximum atomic E-state index is 12.9. The van der Waals surface area contributed by atoms with E-state index in [1.807, 2.05) is 27.2 Å². The molecule has 0 aliphatic carbocycles. The number of rotatable bonds is 41. The molecule has 0 heterocycles. The summed E-state index contributed by atoms with van der Waals surface area (Å²) in [5.74, 6) is -0.213. The van der Waals surface area contributed by atoms with Crippen molar-refractivity contribution in [2.45, 2.75) is 193 Å². The predicted octanol–water partition coefficient (Wildman–Crippen LogP) is 13.2. The van der Waals surface area contributed by atoms with E-state index in [9.17, 15) is 19.4 Å². The Morgan fingerprint density at radius 1 is 0.603 bits per heavy atom. The molecule has 3 N–H and O–H groups in total. The van der Waals surface area contributed by atoms with Gasteiger partial charge in [0, 0.05) is 6.42 Å². The van der Waals surface area contributed by atoms with E-state index in [0.717, 1.165) is 77.0 Å². The zero-order valence-electron chi connectivity index (χ0n) is 38.0. The lowest BCUT2D eigenvalue weighted by molar-refractivity contribution is -0.870. The zero-order chi connectivity index (χ0) is 42.8. The number of amides is 1. The number of unbranched alkanes of at least 4 members (excludes halogenated alkanes) is 18. The molecule has 1 amide bonds. The van der Waals surface area contributed by atoms with E-state index in [1.165, 1.54) is 83.5 Å². The van der Waals surface area contributed by atoms with Crippen molar-refractivity contribution in [3.8, 4) is 0 Å². The van der Waals surface area contributed by atoms with E-state index >= 15 is 0 Å². The van der Waals surface area contributed by atoms with Gasteiger partial charge in [-0.25, -0.2) is 4.57 Å². The van der Waals surface area contributed by atoms with Gasteiger partial charge in [0.2, 0.25) is 5.91 Å². The molecule has 58 heavy (non-hydrogen) atoms. The van der Waals surface area contributed by atoms with Crippen LogP contribution in [0.5, 0.6) is 0 Å². The van der Waals surface area contributed by atoms with E-state index in [-0.39, 0.29) is 19.1 Å². The highest BCUT2D eigenvalue weighted by Gasteiger charge is 2.27. The third-order valence-corrected chi connectivity index (χ3v) is 10.9. The summed E-state index contributed by atoms with van der Waals surface area (Å²) in [4.78, 5) is 23.1. The first-order chi connectivity index (χ1) is 28.0. The van der Waals surface area contributed by atoms with Crippen LogP contribution < -0.4 is 5.32 Å². The Labute approximate surface area is 357 Å². The molecule has 0 bridgehead atoms. The second-order valence-electron chi connectivity index (χ2n) is 16.7. The molecule has 9 heteroatoms. The molecule has 0 saturated carbocycles. The summed E-state index contributed by atoms with van der Waals surface area (Å²) in [6, 6.07) is -0.879. The number of allylic oxidation sites excluding steroid dienone is 11. The van der Waals surface area contributed by atoms with Crippen LogP contribution in [-0.4, -0.2) is 73.4 Å². The van der Waals surface area contributed by atoms with Crippen LogP contribution in [0.1, 0.15) is 181 Å². The van der Waals surface area contributed by atoms with Crippen LogP contribution in [-0.2, 0) is 18.4 Å². The predicted molar refractivity (Wildman–Crippen MR) is 249 cm³/mol. The average Bonchev–Trinajstić information content (AvgIpc) is 3.17. The lowest BCUT2D eigenvalue weighted by Crippen LogP contribution is -2.45. The molecular weight excluding hydrogens is 744 g/mol. The van der Waals surface area contributed by atoms with Gasteiger partial charge in [0.1, 0.15) is 13.2 Å². The third kappa shape index (κ3) is 42.1. The Hall–Kier alpha value is -2.06. The molecule has 8 nitrogen and oxygen atoms in total. The first kappa shape index (κ1) is 55.9. The van der Waals surface area contributed by atoms with Crippen molar-refractivity contribution in [1.29, 1.82) is 0 Å². The quantitative estimate of drug-likeness (QED) is 0.0245. The standard InChI is InChI=1S/C49H89N2O6P/c1-6-8-10-12-14-16-18-20-22-24-25-27-28-30-32-34-36-38-40-42-48(52)47(46-57-58(54,55)56-45-44-51(3,4)5)50-49(53)43-41-39-37-35-33-31-29-26-23-21-19-17-15-13-11-9-7-2/h9,11,15,17,21,23,29,31-32,34,40,42,47-48,52H,6-8,10,12-14,16,18-20,22,24-28,30,33,35-39,41,43-46H2,1-5H3,(H-,50,53,54,55)/p+1/b11-9-,17-15-,23-21-,31-29-,34-32+,42-40+. The van der Waals surface area contributed by atoms with E-state index in [1.54, 1.807) is 6.08 Å².